The van der Waals surface area contributed by atoms with Crippen LogP contribution in [0.2, 0.25) is 0 Å². The number of carboxylic acid groups (broad SMARTS) is 1. The SMILES string of the molecule is Cc1oc(CN(C)C(=O)C2(Cc3ccccc3)CC2)cc1C(=O)O. The van der Waals surface area contributed by atoms with E-state index < -0.39 is 5.97 Å². The molecule has 1 N–H and O–H groups in total. The van der Waals surface area contributed by atoms with Gasteiger partial charge in [0.2, 0.25) is 5.91 Å². The molecule has 2 aromatic rings. The quantitative estimate of drug-likeness (QED) is 0.884. The number of furan rings is 1. The van der Waals surface area contributed by atoms with Gasteiger partial charge in [-0.25, -0.2) is 4.79 Å². The second-order valence-corrected chi connectivity index (χ2v) is 6.59. The lowest BCUT2D eigenvalue weighted by Crippen LogP contribution is -2.34. The Morgan fingerprint density at radius 2 is 1.92 bits per heavy atom. The summed E-state index contributed by atoms with van der Waals surface area (Å²) in [5.41, 5.74) is 1.00. The van der Waals surface area contributed by atoms with E-state index in [-0.39, 0.29) is 23.4 Å². The number of aromatic carboxylic acids is 1. The van der Waals surface area contributed by atoms with Gasteiger partial charge in [-0.15, -0.1) is 0 Å². The molecular weight excluding hydrogens is 306 g/mol. The smallest absolute Gasteiger partial charge is 0.339 e. The molecule has 5 nitrogen and oxygen atoms in total. The summed E-state index contributed by atoms with van der Waals surface area (Å²) >= 11 is 0. The van der Waals surface area contributed by atoms with Gasteiger partial charge in [0.25, 0.3) is 0 Å². The van der Waals surface area contributed by atoms with Crippen molar-refractivity contribution in [2.45, 2.75) is 32.7 Å². The summed E-state index contributed by atoms with van der Waals surface area (Å²) in [6.07, 6.45) is 2.53. The van der Waals surface area contributed by atoms with Crippen LogP contribution in [0.5, 0.6) is 0 Å². The first-order chi connectivity index (χ1) is 11.4. The molecule has 1 amide bonds. The first-order valence-corrected chi connectivity index (χ1v) is 8.03. The lowest BCUT2D eigenvalue weighted by molar-refractivity contribution is -0.136. The van der Waals surface area contributed by atoms with Crippen molar-refractivity contribution in [3.8, 4) is 0 Å². The van der Waals surface area contributed by atoms with Crippen LogP contribution in [-0.2, 0) is 17.8 Å². The van der Waals surface area contributed by atoms with Crippen LogP contribution in [0.4, 0.5) is 0 Å². The van der Waals surface area contributed by atoms with Gasteiger partial charge in [0, 0.05) is 7.05 Å². The third-order valence-corrected chi connectivity index (χ3v) is 4.63. The van der Waals surface area contributed by atoms with Crippen LogP contribution < -0.4 is 0 Å². The van der Waals surface area contributed by atoms with Crippen LogP contribution in [0.3, 0.4) is 0 Å². The molecule has 1 aliphatic rings. The highest BCUT2D eigenvalue weighted by atomic mass is 16.4. The van der Waals surface area contributed by atoms with Gasteiger partial charge >= 0.3 is 5.97 Å². The molecule has 126 valence electrons. The first kappa shape index (κ1) is 16.3. The first-order valence-electron chi connectivity index (χ1n) is 8.03. The van der Waals surface area contributed by atoms with Crippen molar-refractivity contribution in [3.05, 3.63) is 59.0 Å². The number of carboxylic acids is 1. The van der Waals surface area contributed by atoms with E-state index in [0.717, 1.165) is 19.3 Å². The monoisotopic (exact) mass is 327 g/mol. The summed E-state index contributed by atoms with van der Waals surface area (Å²) in [5, 5.41) is 9.09. The fourth-order valence-corrected chi connectivity index (χ4v) is 3.15. The molecule has 24 heavy (non-hydrogen) atoms. The molecule has 0 saturated heterocycles. The molecule has 0 unspecified atom stereocenters. The number of hydrogen-bond acceptors (Lipinski definition) is 3. The Morgan fingerprint density at radius 1 is 1.25 bits per heavy atom. The topological polar surface area (TPSA) is 70.8 Å². The lowest BCUT2D eigenvalue weighted by Gasteiger charge is -2.23. The van der Waals surface area contributed by atoms with Gasteiger partial charge in [-0.05, 0) is 37.8 Å². The molecule has 1 aliphatic carbocycles. The summed E-state index contributed by atoms with van der Waals surface area (Å²) < 4.78 is 5.47. The average Bonchev–Trinajstić information content (AvgIpc) is 3.23. The minimum atomic E-state index is -1.01. The Bertz CT molecular complexity index is 759. The Labute approximate surface area is 140 Å². The number of rotatable bonds is 6. The highest BCUT2D eigenvalue weighted by Gasteiger charge is 2.50. The van der Waals surface area contributed by atoms with Crippen LogP contribution in [0.1, 0.15) is 40.3 Å². The highest BCUT2D eigenvalue weighted by molar-refractivity contribution is 5.89. The zero-order chi connectivity index (χ0) is 17.3. The number of hydrogen-bond donors (Lipinski definition) is 1. The zero-order valence-electron chi connectivity index (χ0n) is 13.9. The van der Waals surface area contributed by atoms with Crippen molar-refractivity contribution in [3.63, 3.8) is 0 Å². The van der Waals surface area contributed by atoms with Crippen LogP contribution in [0.15, 0.2) is 40.8 Å². The van der Waals surface area contributed by atoms with Gasteiger partial charge < -0.3 is 14.4 Å². The maximum atomic E-state index is 12.8. The molecule has 0 atom stereocenters. The van der Waals surface area contributed by atoms with E-state index in [0.29, 0.717) is 11.5 Å². The Hall–Kier alpha value is -2.56. The predicted molar refractivity (Wildman–Crippen MR) is 88.7 cm³/mol. The number of amides is 1. The second kappa shape index (κ2) is 6.15. The summed E-state index contributed by atoms with van der Waals surface area (Å²) in [6, 6.07) is 11.5. The molecule has 1 heterocycles. The molecule has 0 bridgehead atoms. The lowest BCUT2D eigenvalue weighted by atomic mass is 9.95. The molecule has 0 spiro atoms. The van der Waals surface area contributed by atoms with Gasteiger partial charge in [0.15, 0.2) is 0 Å². The molecule has 0 radical (unpaired) electrons. The maximum absolute atomic E-state index is 12.8. The van der Waals surface area contributed by atoms with E-state index in [4.69, 9.17) is 9.52 Å². The van der Waals surface area contributed by atoms with Crippen molar-refractivity contribution < 1.29 is 19.1 Å². The van der Waals surface area contributed by atoms with Crippen molar-refractivity contribution in [2.75, 3.05) is 7.05 Å². The van der Waals surface area contributed by atoms with Crippen molar-refractivity contribution in [2.24, 2.45) is 5.41 Å². The van der Waals surface area contributed by atoms with E-state index in [2.05, 4.69) is 0 Å². The van der Waals surface area contributed by atoms with Gasteiger partial charge in [-0.1, -0.05) is 30.3 Å². The summed E-state index contributed by atoms with van der Waals surface area (Å²) in [4.78, 5) is 25.6. The normalized spacial score (nSPS) is 15.1. The summed E-state index contributed by atoms with van der Waals surface area (Å²) in [6.45, 7) is 1.90. The third kappa shape index (κ3) is 3.20. The number of carbonyl (C=O) groups excluding carboxylic acids is 1. The largest absolute Gasteiger partial charge is 0.478 e. The summed E-state index contributed by atoms with van der Waals surface area (Å²) in [5.74, 6) is -0.0588. The van der Waals surface area contributed by atoms with E-state index in [1.165, 1.54) is 11.6 Å². The van der Waals surface area contributed by atoms with Gasteiger partial charge in [0.1, 0.15) is 17.1 Å². The van der Waals surface area contributed by atoms with E-state index >= 15 is 0 Å². The molecule has 5 heteroatoms. The molecule has 1 saturated carbocycles. The molecule has 1 aromatic carbocycles. The number of carbonyl (C=O) groups is 2. The fourth-order valence-electron chi connectivity index (χ4n) is 3.15. The number of nitrogens with zero attached hydrogens (tertiary/aromatic N) is 1. The van der Waals surface area contributed by atoms with Crippen molar-refractivity contribution >= 4 is 11.9 Å². The van der Waals surface area contributed by atoms with Crippen LogP contribution in [0, 0.1) is 12.3 Å². The van der Waals surface area contributed by atoms with Gasteiger partial charge in [-0.3, -0.25) is 4.79 Å². The van der Waals surface area contributed by atoms with Gasteiger partial charge in [-0.2, -0.15) is 0 Å². The van der Waals surface area contributed by atoms with Crippen molar-refractivity contribution in [1.29, 1.82) is 0 Å². The molecule has 1 fully saturated rings. The number of aryl methyl sites for hydroxylation is 1. The Morgan fingerprint density at radius 3 is 2.46 bits per heavy atom. The average molecular weight is 327 g/mol. The van der Waals surface area contributed by atoms with E-state index in [1.807, 2.05) is 30.3 Å². The minimum Gasteiger partial charge on any atom is -0.478 e. The van der Waals surface area contributed by atoms with Crippen LogP contribution in [0.25, 0.3) is 0 Å². The standard InChI is InChI=1S/C19H21NO4/c1-13-16(17(21)22)10-15(24-13)12-20(2)18(23)19(8-9-19)11-14-6-4-3-5-7-14/h3-7,10H,8-9,11-12H2,1-2H3,(H,21,22). The predicted octanol–water partition coefficient (Wildman–Crippen LogP) is 3.27. The van der Waals surface area contributed by atoms with E-state index in [1.54, 1.807) is 18.9 Å². The zero-order valence-corrected chi connectivity index (χ0v) is 13.9. The fraction of sp³-hybridized carbons (Fsp3) is 0.368. The number of benzene rings is 1. The third-order valence-electron chi connectivity index (χ3n) is 4.63. The molecular formula is C19H21NO4. The molecule has 0 aliphatic heterocycles. The second-order valence-electron chi connectivity index (χ2n) is 6.59. The highest BCUT2D eigenvalue weighted by Crippen LogP contribution is 2.49. The molecule has 1 aromatic heterocycles. The Balaban J connectivity index is 1.68. The van der Waals surface area contributed by atoms with Crippen molar-refractivity contribution in [1.82, 2.24) is 4.90 Å². The van der Waals surface area contributed by atoms with Crippen LogP contribution in [-0.4, -0.2) is 28.9 Å². The van der Waals surface area contributed by atoms with Crippen LogP contribution >= 0.6 is 0 Å². The summed E-state index contributed by atoms with van der Waals surface area (Å²) in [7, 11) is 1.74. The van der Waals surface area contributed by atoms with E-state index in [9.17, 15) is 9.59 Å². The maximum Gasteiger partial charge on any atom is 0.339 e. The minimum absolute atomic E-state index is 0.0947. The van der Waals surface area contributed by atoms with Gasteiger partial charge in [0.05, 0.1) is 12.0 Å². The Kier molecular flexibility index (Phi) is 4.18. The molecule has 3 rings (SSSR count).